The first-order valence-corrected chi connectivity index (χ1v) is 5.38. The van der Waals surface area contributed by atoms with Crippen molar-refractivity contribution in [2.24, 2.45) is 0 Å². The van der Waals surface area contributed by atoms with Gasteiger partial charge in [0.05, 0.1) is 19.8 Å². The molecule has 2 N–H and O–H groups in total. The van der Waals surface area contributed by atoms with Gasteiger partial charge >= 0.3 is 0 Å². The fourth-order valence-electron chi connectivity index (χ4n) is 1.34. The van der Waals surface area contributed by atoms with E-state index < -0.39 is 0 Å². The van der Waals surface area contributed by atoms with Crippen molar-refractivity contribution in [1.29, 1.82) is 0 Å². The quantitative estimate of drug-likeness (QED) is 0.671. The van der Waals surface area contributed by atoms with Crippen molar-refractivity contribution in [3.63, 3.8) is 0 Å². The molecule has 0 saturated carbocycles. The van der Waals surface area contributed by atoms with Crippen LogP contribution < -0.4 is 5.32 Å². The van der Waals surface area contributed by atoms with E-state index in [-0.39, 0.29) is 6.61 Å². The van der Waals surface area contributed by atoms with E-state index in [1.807, 2.05) is 6.07 Å². The molecule has 0 heterocycles. The third-order valence-electron chi connectivity index (χ3n) is 2.15. The van der Waals surface area contributed by atoms with E-state index >= 15 is 0 Å². The number of nitrogens with one attached hydrogen (secondary N) is 1. The van der Waals surface area contributed by atoms with Crippen molar-refractivity contribution >= 4 is 5.69 Å². The van der Waals surface area contributed by atoms with Gasteiger partial charge in [-0.25, -0.2) is 0 Å². The van der Waals surface area contributed by atoms with Gasteiger partial charge in [0.25, 0.3) is 0 Å². The Morgan fingerprint density at radius 1 is 1.33 bits per heavy atom. The van der Waals surface area contributed by atoms with Gasteiger partial charge in [-0.2, -0.15) is 0 Å². The minimum absolute atomic E-state index is 0.0886. The third kappa shape index (κ3) is 4.81. The van der Waals surface area contributed by atoms with Crippen LogP contribution in [0.15, 0.2) is 24.3 Å². The molecule has 0 aliphatic heterocycles. The second kappa shape index (κ2) is 7.26. The average Bonchev–Trinajstić information content (AvgIpc) is 2.29. The Balaban J connectivity index is 2.24. The van der Waals surface area contributed by atoms with E-state index in [2.05, 4.69) is 30.4 Å². The van der Waals surface area contributed by atoms with Crippen LogP contribution in [-0.4, -0.2) is 31.5 Å². The summed E-state index contributed by atoms with van der Waals surface area (Å²) in [5.41, 5.74) is 2.46. The topological polar surface area (TPSA) is 41.5 Å². The third-order valence-corrected chi connectivity index (χ3v) is 2.15. The molecule has 1 aromatic rings. The van der Waals surface area contributed by atoms with Gasteiger partial charge in [-0.3, -0.25) is 0 Å². The van der Waals surface area contributed by atoms with Crippen molar-refractivity contribution in [1.82, 2.24) is 0 Å². The van der Waals surface area contributed by atoms with E-state index in [0.29, 0.717) is 13.2 Å². The van der Waals surface area contributed by atoms with Crippen molar-refractivity contribution < 1.29 is 9.84 Å². The summed E-state index contributed by atoms with van der Waals surface area (Å²) in [4.78, 5) is 0. The second-order valence-corrected chi connectivity index (χ2v) is 3.32. The fourth-order valence-corrected chi connectivity index (χ4v) is 1.34. The number of anilines is 1. The van der Waals surface area contributed by atoms with Gasteiger partial charge < -0.3 is 15.2 Å². The Labute approximate surface area is 91.1 Å². The average molecular weight is 209 g/mol. The van der Waals surface area contributed by atoms with Gasteiger partial charge in [-0.05, 0) is 24.1 Å². The maximum Gasteiger partial charge on any atom is 0.0698 e. The maximum atomic E-state index is 8.51. The van der Waals surface area contributed by atoms with E-state index in [1.165, 1.54) is 5.56 Å². The molecule has 3 nitrogen and oxygen atoms in total. The van der Waals surface area contributed by atoms with Crippen LogP contribution in [-0.2, 0) is 11.2 Å². The summed E-state index contributed by atoms with van der Waals surface area (Å²) in [6.07, 6.45) is 1.05. The molecule has 0 atom stereocenters. The molecular weight excluding hydrogens is 190 g/mol. The number of benzene rings is 1. The molecule has 0 bridgehead atoms. The zero-order chi connectivity index (χ0) is 10.9. The fraction of sp³-hybridized carbons (Fsp3) is 0.500. The largest absolute Gasteiger partial charge is 0.394 e. The van der Waals surface area contributed by atoms with Crippen molar-refractivity contribution in [2.45, 2.75) is 13.3 Å². The summed E-state index contributed by atoms with van der Waals surface area (Å²) >= 11 is 0. The predicted molar refractivity (Wildman–Crippen MR) is 62.2 cm³/mol. The van der Waals surface area contributed by atoms with E-state index in [1.54, 1.807) is 0 Å². The van der Waals surface area contributed by atoms with Gasteiger partial charge in [0, 0.05) is 12.2 Å². The lowest BCUT2D eigenvalue weighted by atomic mass is 10.1. The van der Waals surface area contributed by atoms with Gasteiger partial charge in [0.2, 0.25) is 0 Å². The minimum atomic E-state index is 0.0886. The lowest BCUT2D eigenvalue weighted by Gasteiger charge is -2.07. The Kier molecular flexibility index (Phi) is 5.81. The van der Waals surface area contributed by atoms with Gasteiger partial charge in [-0.1, -0.05) is 19.1 Å². The predicted octanol–water partition coefficient (Wildman–Crippen LogP) is 1.67. The Morgan fingerprint density at radius 2 is 2.20 bits per heavy atom. The summed E-state index contributed by atoms with van der Waals surface area (Å²) < 4.78 is 5.15. The lowest BCUT2D eigenvalue weighted by Crippen LogP contribution is -2.11. The van der Waals surface area contributed by atoms with Crippen LogP contribution in [0.1, 0.15) is 12.5 Å². The minimum Gasteiger partial charge on any atom is -0.394 e. The number of aryl methyl sites for hydroxylation is 1. The van der Waals surface area contributed by atoms with Crippen LogP contribution in [0.2, 0.25) is 0 Å². The zero-order valence-electron chi connectivity index (χ0n) is 9.20. The SMILES string of the molecule is CCc1cccc(NCCOCCO)c1. The summed E-state index contributed by atoms with van der Waals surface area (Å²) in [5, 5.41) is 11.8. The van der Waals surface area contributed by atoms with Gasteiger partial charge in [-0.15, -0.1) is 0 Å². The molecule has 0 fully saturated rings. The Hall–Kier alpha value is -1.06. The molecule has 84 valence electrons. The first kappa shape index (κ1) is 12.0. The molecule has 1 rings (SSSR count). The molecule has 15 heavy (non-hydrogen) atoms. The van der Waals surface area contributed by atoms with Gasteiger partial charge in [0.1, 0.15) is 0 Å². The van der Waals surface area contributed by atoms with Crippen LogP contribution >= 0.6 is 0 Å². The number of hydrogen-bond donors (Lipinski definition) is 2. The first-order chi connectivity index (χ1) is 7.36. The van der Waals surface area contributed by atoms with Crippen LogP contribution in [0, 0.1) is 0 Å². The van der Waals surface area contributed by atoms with Crippen LogP contribution in [0.3, 0.4) is 0 Å². The van der Waals surface area contributed by atoms with E-state index in [0.717, 1.165) is 18.7 Å². The summed E-state index contributed by atoms with van der Waals surface area (Å²) in [6, 6.07) is 8.36. The van der Waals surface area contributed by atoms with Crippen LogP contribution in [0.4, 0.5) is 5.69 Å². The standard InChI is InChI=1S/C12H19NO2/c1-2-11-4-3-5-12(10-11)13-6-8-15-9-7-14/h3-5,10,13-14H,2,6-9H2,1H3. The number of rotatable bonds is 7. The molecule has 0 spiro atoms. The molecule has 0 saturated heterocycles. The Bertz CT molecular complexity index is 276. The van der Waals surface area contributed by atoms with Crippen molar-refractivity contribution in [3.05, 3.63) is 29.8 Å². The second-order valence-electron chi connectivity index (χ2n) is 3.32. The highest BCUT2D eigenvalue weighted by Gasteiger charge is 1.93. The molecule has 0 amide bonds. The Morgan fingerprint density at radius 3 is 2.93 bits per heavy atom. The van der Waals surface area contributed by atoms with E-state index in [4.69, 9.17) is 9.84 Å². The number of aliphatic hydroxyl groups excluding tert-OH is 1. The number of ether oxygens (including phenoxy) is 1. The molecule has 0 aromatic heterocycles. The lowest BCUT2D eigenvalue weighted by molar-refractivity contribution is 0.0992. The maximum absolute atomic E-state index is 8.51. The van der Waals surface area contributed by atoms with E-state index in [9.17, 15) is 0 Å². The molecular formula is C12H19NO2. The number of aliphatic hydroxyl groups is 1. The van der Waals surface area contributed by atoms with Crippen molar-refractivity contribution in [3.8, 4) is 0 Å². The molecule has 0 radical (unpaired) electrons. The normalized spacial score (nSPS) is 10.3. The monoisotopic (exact) mass is 209 g/mol. The van der Waals surface area contributed by atoms with Gasteiger partial charge in [0.15, 0.2) is 0 Å². The highest BCUT2D eigenvalue weighted by molar-refractivity contribution is 5.45. The summed E-state index contributed by atoms with van der Waals surface area (Å²) in [7, 11) is 0. The zero-order valence-corrected chi connectivity index (χ0v) is 9.20. The molecule has 0 aliphatic rings. The highest BCUT2D eigenvalue weighted by Crippen LogP contribution is 2.10. The van der Waals surface area contributed by atoms with Crippen LogP contribution in [0.5, 0.6) is 0 Å². The smallest absolute Gasteiger partial charge is 0.0698 e. The van der Waals surface area contributed by atoms with Crippen molar-refractivity contribution in [2.75, 3.05) is 31.7 Å². The molecule has 0 unspecified atom stereocenters. The number of hydrogen-bond acceptors (Lipinski definition) is 3. The first-order valence-electron chi connectivity index (χ1n) is 5.38. The molecule has 1 aromatic carbocycles. The summed E-state index contributed by atoms with van der Waals surface area (Å²) in [6.45, 7) is 4.04. The molecule has 3 heteroatoms. The highest BCUT2D eigenvalue weighted by atomic mass is 16.5. The van der Waals surface area contributed by atoms with Crippen LogP contribution in [0.25, 0.3) is 0 Å². The molecule has 0 aliphatic carbocycles. The summed E-state index contributed by atoms with van der Waals surface area (Å²) in [5.74, 6) is 0.